The normalized spacial score (nSPS) is 25.6. The van der Waals surface area contributed by atoms with E-state index < -0.39 is 0 Å². The predicted molar refractivity (Wildman–Crippen MR) is 89.2 cm³/mol. The van der Waals surface area contributed by atoms with E-state index >= 15 is 0 Å². The summed E-state index contributed by atoms with van der Waals surface area (Å²) in [7, 11) is 4.33. The number of hydrogen-bond acceptors (Lipinski definition) is 3. The van der Waals surface area contributed by atoms with Gasteiger partial charge in [0.15, 0.2) is 0 Å². The summed E-state index contributed by atoms with van der Waals surface area (Å²) in [4.78, 5) is 5.03. The van der Waals surface area contributed by atoms with Gasteiger partial charge in [0.25, 0.3) is 0 Å². The van der Waals surface area contributed by atoms with Crippen molar-refractivity contribution in [1.82, 2.24) is 15.1 Å². The molecule has 0 saturated carbocycles. The summed E-state index contributed by atoms with van der Waals surface area (Å²) >= 11 is 0. The molecule has 0 aromatic carbocycles. The van der Waals surface area contributed by atoms with Crippen LogP contribution in [0, 0.1) is 11.3 Å². The molecule has 0 aromatic rings. The van der Waals surface area contributed by atoms with E-state index in [-0.39, 0.29) is 0 Å². The molecule has 1 rings (SSSR count). The number of unbranched alkanes of at least 4 members (excludes halogenated alkanes) is 1. The molecule has 3 nitrogen and oxygen atoms in total. The monoisotopic (exact) mass is 283 g/mol. The van der Waals surface area contributed by atoms with Gasteiger partial charge >= 0.3 is 0 Å². The number of hydrogen-bond donors (Lipinski definition) is 1. The van der Waals surface area contributed by atoms with Crippen molar-refractivity contribution in [1.29, 1.82) is 0 Å². The summed E-state index contributed by atoms with van der Waals surface area (Å²) in [5.74, 6) is 0.734. The lowest BCUT2D eigenvalue weighted by Gasteiger charge is -2.46. The van der Waals surface area contributed by atoms with Crippen molar-refractivity contribution in [2.45, 2.75) is 59.5 Å². The van der Waals surface area contributed by atoms with Gasteiger partial charge in [-0.05, 0) is 51.4 Å². The molecule has 3 heteroatoms. The Morgan fingerprint density at radius 3 is 2.35 bits per heavy atom. The molecule has 1 heterocycles. The van der Waals surface area contributed by atoms with Gasteiger partial charge in [0, 0.05) is 25.2 Å². The lowest BCUT2D eigenvalue weighted by Crippen LogP contribution is -2.61. The molecule has 0 spiro atoms. The standard InChI is InChI=1S/C17H37N3/c1-14(2)15-12-18-16(17(3,4)5)13-20(15)11-9-8-10-19(6)7/h14-16,18H,8-13H2,1-7H3. The molecule has 120 valence electrons. The molecule has 0 aromatic heterocycles. The quantitative estimate of drug-likeness (QED) is 0.756. The van der Waals surface area contributed by atoms with Crippen LogP contribution >= 0.6 is 0 Å². The van der Waals surface area contributed by atoms with E-state index in [1.807, 2.05) is 0 Å². The molecule has 0 radical (unpaired) electrons. The van der Waals surface area contributed by atoms with Gasteiger partial charge in [0.05, 0.1) is 0 Å². The third kappa shape index (κ3) is 5.71. The average Bonchev–Trinajstić information content (AvgIpc) is 2.32. The minimum Gasteiger partial charge on any atom is -0.311 e. The molecule has 1 N–H and O–H groups in total. The molecule has 1 aliphatic rings. The van der Waals surface area contributed by atoms with Crippen molar-refractivity contribution in [2.24, 2.45) is 11.3 Å². The maximum Gasteiger partial charge on any atom is 0.0244 e. The van der Waals surface area contributed by atoms with Gasteiger partial charge in [-0.15, -0.1) is 0 Å². The highest BCUT2D eigenvalue weighted by atomic mass is 15.2. The van der Waals surface area contributed by atoms with Gasteiger partial charge in [-0.3, -0.25) is 4.90 Å². The zero-order valence-corrected chi connectivity index (χ0v) is 14.9. The van der Waals surface area contributed by atoms with Crippen LogP contribution in [0.5, 0.6) is 0 Å². The van der Waals surface area contributed by atoms with Gasteiger partial charge < -0.3 is 10.2 Å². The van der Waals surface area contributed by atoms with Crippen molar-refractivity contribution in [2.75, 3.05) is 40.3 Å². The number of rotatable bonds is 6. The second-order valence-electron chi connectivity index (χ2n) is 8.14. The van der Waals surface area contributed by atoms with Crippen LogP contribution in [0.25, 0.3) is 0 Å². The fraction of sp³-hybridized carbons (Fsp3) is 1.00. The summed E-state index contributed by atoms with van der Waals surface area (Å²) in [5, 5.41) is 3.78. The van der Waals surface area contributed by atoms with E-state index in [1.54, 1.807) is 0 Å². The molecular formula is C17H37N3. The summed E-state index contributed by atoms with van der Waals surface area (Å²) < 4.78 is 0. The van der Waals surface area contributed by atoms with Gasteiger partial charge in [-0.2, -0.15) is 0 Å². The van der Waals surface area contributed by atoms with Crippen molar-refractivity contribution in [3.63, 3.8) is 0 Å². The van der Waals surface area contributed by atoms with Crippen molar-refractivity contribution in [3.8, 4) is 0 Å². The zero-order chi connectivity index (χ0) is 15.3. The van der Waals surface area contributed by atoms with Crippen LogP contribution in [0.4, 0.5) is 0 Å². The Kier molecular flexibility index (Phi) is 6.96. The second-order valence-corrected chi connectivity index (χ2v) is 8.14. The van der Waals surface area contributed by atoms with Crippen LogP contribution in [0.3, 0.4) is 0 Å². The maximum atomic E-state index is 3.78. The number of nitrogens with one attached hydrogen (secondary N) is 1. The lowest BCUT2D eigenvalue weighted by atomic mass is 9.83. The predicted octanol–water partition coefficient (Wildman–Crippen LogP) is 2.67. The second kappa shape index (κ2) is 7.77. The average molecular weight is 284 g/mol. The first kappa shape index (κ1) is 17.9. The Balaban J connectivity index is 2.51. The molecule has 0 bridgehead atoms. The Morgan fingerprint density at radius 2 is 1.85 bits per heavy atom. The number of nitrogens with zero attached hydrogens (tertiary/aromatic N) is 2. The van der Waals surface area contributed by atoms with Crippen LogP contribution in [-0.2, 0) is 0 Å². The minimum absolute atomic E-state index is 0.351. The van der Waals surface area contributed by atoms with Gasteiger partial charge in [0.2, 0.25) is 0 Å². The first-order valence-corrected chi connectivity index (χ1v) is 8.34. The van der Waals surface area contributed by atoms with Gasteiger partial charge in [0.1, 0.15) is 0 Å². The first-order valence-electron chi connectivity index (χ1n) is 8.34. The molecule has 2 atom stereocenters. The molecule has 0 aliphatic carbocycles. The first-order chi connectivity index (χ1) is 9.21. The molecule has 2 unspecified atom stereocenters. The lowest BCUT2D eigenvalue weighted by molar-refractivity contribution is 0.0616. The van der Waals surface area contributed by atoms with Crippen LogP contribution in [0.1, 0.15) is 47.5 Å². The SMILES string of the molecule is CC(C)C1CNC(C(C)(C)C)CN1CCCCN(C)C. The van der Waals surface area contributed by atoms with Crippen LogP contribution in [-0.4, -0.2) is 62.2 Å². The fourth-order valence-corrected chi connectivity index (χ4v) is 3.06. The van der Waals surface area contributed by atoms with Crippen molar-refractivity contribution < 1.29 is 0 Å². The van der Waals surface area contributed by atoms with Gasteiger partial charge in [-0.25, -0.2) is 0 Å². The molecular weight excluding hydrogens is 246 g/mol. The van der Waals surface area contributed by atoms with E-state index in [2.05, 4.69) is 63.8 Å². The van der Waals surface area contributed by atoms with E-state index in [1.165, 1.54) is 32.5 Å². The summed E-state index contributed by atoms with van der Waals surface area (Å²) in [6, 6.07) is 1.32. The molecule has 0 amide bonds. The van der Waals surface area contributed by atoms with Crippen LogP contribution < -0.4 is 5.32 Å². The van der Waals surface area contributed by atoms with Crippen LogP contribution in [0.15, 0.2) is 0 Å². The smallest absolute Gasteiger partial charge is 0.0244 e. The Bertz CT molecular complexity index is 268. The van der Waals surface area contributed by atoms with Gasteiger partial charge in [-0.1, -0.05) is 34.6 Å². The molecule has 20 heavy (non-hydrogen) atoms. The third-order valence-electron chi connectivity index (χ3n) is 4.58. The van der Waals surface area contributed by atoms with E-state index in [4.69, 9.17) is 0 Å². The zero-order valence-electron chi connectivity index (χ0n) is 14.9. The summed E-state index contributed by atoms with van der Waals surface area (Å²) in [6.45, 7) is 16.6. The Hall–Kier alpha value is -0.120. The fourth-order valence-electron chi connectivity index (χ4n) is 3.06. The molecule has 1 saturated heterocycles. The Labute approximate surface area is 127 Å². The highest BCUT2D eigenvalue weighted by molar-refractivity contribution is 4.92. The molecule has 1 fully saturated rings. The highest BCUT2D eigenvalue weighted by Gasteiger charge is 2.34. The topological polar surface area (TPSA) is 18.5 Å². The molecule has 1 aliphatic heterocycles. The van der Waals surface area contributed by atoms with Crippen molar-refractivity contribution in [3.05, 3.63) is 0 Å². The van der Waals surface area contributed by atoms with E-state index in [0.29, 0.717) is 17.5 Å². The number of piperazine rings is 1. The van der Waals surface area contributed by atoms with Crippen molar-refractivity contribution >= 4 is 0 Å². The maximum absolute atomic E-state index is 3.78. The minimum atomic E-state index is 0.351. The van der Waals surface area contributed by atoms with E-state index in [0.717, 1.165) is 12.5 Å². The summed E-state index contributed by atoms with van der Waals surface area (Å²) in [6.07, 6.45) is 2.63. The Morgan fingerprint density at radius 1 is 1.20 bits per heavy atom. The summed E-state index contributed by atoms with van der Waals surface area (Å²) in [5.41, 5.74) is 0.351. The highest BCUT2D eigenvalue weighted by Crippen LogP contribution is 2.25. The van der Waals surface area contributed by atoms with Crippen LogP contribution in [0.2, 0.25) is 0 Å². The third-order valence-corrected chi connectivity index (χ3v) is 4.58. The van der Waals surface area contributed by atoms with E-state index in [9.17, 15) is 0 Å². The largest absolute Gasteiger partial charge is 0.311 e.